The zero-order valence-corrected chi connectivity index (χ0v) is 18.6. The van der Waals surface area contributed by atoms with Crippen molar-refractivity contribution in [1.29, 1.82) is 0 Å². The number of hydrogen-bond donors (Lipinski definition) is 1. The maximum atomic E-state index is 12.4. The largest absolute Gasteiger partial charge is 0.368 e. The summed E-state index contributed by atoms with van der Waals surface area (Å²) in [6, 6.07) is 22.2. The summed E-state index contributed by atoms with van der Waals surface area (Å²) in [7, 11) is 0. The number of aromatic nitrogens is 1. The molecule has 0 saturated carbocycles. The smallest absolute Gasteiger partial charge is 0.251 e. The fourth-order valence-corrected chi connectivity index (χ4v) is 4.16. The molecule has 0 radical (unpaired) electrons. The van der Waals surface area contributed by atoms with Crippen LogP contribution in [0.4, 0.5) is 5.69 Å². The van der Waals surface area contributed by atoms with Crippen LogP contribution in [0.25, 0.3) is 11.1 Å². The highest BCUT2D eigenvalue weighted by molar-refractivity contribution is 5.94. The van der Waals surface area contributed by atoms with Crippen molar-refractivity contribution in [3.05, 3.63) is 84.7 Å². The number of rotatable bonds is 9. The van der Waals surface area contributed by atoms with E-state index in [0.29, 0.717) is 0 Å². The van der Waals surface area contributed by atoms with E-state index >= 15 is 0 Å². The lowest BCUT2D eigenvalue weighted by atomic mass is 10.0. The molecule has 1 fully saturated rings. The van der Waals surface area contributed by atoms with E-state index in [0.717, 1.165) is 68.8 Å². The SMILES string of the molecule is O=C(NCCCCCN1CCN(c2cccnc2)CC1)c1ccc(-c2ccccc2)cc1. The Hall–Kier alpha value is -3.18. The molecule has 32 heavy (non-hydrogen) atoms. The maximum absolute atomic E-state index is 12.4. The normalized spacial score (nSPS) is 14.3. The minimum atomic E-state index is 0.0103. The minimum absolute atomic E-state index is 0.0103. The Morgan fingerprint density at radius 2 is 1.56 bits per heavy atom. The molecule has 0 spiro atoms. The van der Waals surface area contributed by atoms with Gasteiger partial charge in [-0.3, -0.25) is 14.7 Å². The Morgan fingerprint density at radius 3 is 2.28 bits per heavy atom. The number of nitrogens with zero attached hydrogens (tertiary/aromatic N) is 3. The molecule has 4 rings (SSSR count). The van der Waals surface area contributed by atoms with Gasteiger partial charge in [-0.15, -0.1) is 0 Å². The van der Waals surface area contributed by atoms with Gasteiger partial charge in [0.25, 0.3) is 5.91 Å². The lowest BCUT2D eigenvalue weighted by Gasteiger charge is -2.35. The Morgan fingerprint density at radius 1 is 0.812 bits per heavy atom. The average molecular weight is 429 g/mol. The van der Waals surface area contributed by atoms with Crippen LogP contribution in [0, 0.1) is 0 Å². The second kappa shape index (κ2) is 11.4. The number of carbonyl (C=O) groups is 1. The van der Waals surface area contributed by atoms with Crippen molar-refractivity contribution < 1.29 is 4.79 Å². The number of pyridine rings is 1. The number of amides is 1. The fraction of sp³-hybridized carbons (Fsp3) is 0.333. The highest BCUT2D eigenvalue weighted by Gasteiger charge is 2.16. The van der Waals surface area contributed by atoms with Gasteiger partial charge in [0.05, 0.1) is 11.9 Å². The van der Waals surface area contributed by atoms with Gasteiger partial charge in [0, 0.05) is 44.5 Å². The average Bonchev–Trinajstić information content (AvgIpc) is 2.87. The van der Waals surface area contributed by atoms with Crippen molar-refractivity contribution in [3.8, 4) is 11.1 Å². The monoisotopic (exact) mass is 428 g/mol. The van der Waals surface area contributed by atoms with Crippen LogP contribution in [0.3, 0.4) is 0 Å². The molecule has 1 N–H and O–H groups in total. The Labute approximate surface area is 191 Å². The van der Waals surface area contributed by atoms with E-state index in [-0.39, 0.29) is 5.91 Å². The first kappa shape index (κ1) is 22.0. The molecule has 2 heterocycles. The highest BCUT2D eigenvalue weighted by Crippen LogP contribution is 2.19. The first-order valence-electron chi connectivity index (χ1n) is 11.6. The molecule has 2 aromatic carbocycles. The number of nitrogens with one attached hydrogen (secondary N) is 1. The molecule has 1 aliphatic heterocycles. The summed E-state index contributed by atoms with van der Waals surface area (Å²) >= 11 is 0. The topological polar surface area (TPSA) is 48.5 Å². The summed E-state index contributed by atoms with van der Waals surface area (Å²) in [5, 5.41) is 3.06. The molecule has 1 amide bonds. The van der Waals surface area contributed by atoms with E-state index in [1.165, 1.54) is 12.1 Å². The van der Waals surface area contributed by atoms with Crippen molar-refractivity contribution >= 4 is 11.6 Å². The van der Waals surface area contributed by atoms with Crippen LogP contribution in [0.15, 0.2) is 79.1 Å². The minimum Gasteiger partial charge on any atom is -0.368 e. The van der Waals surface area contributed by atoms with Gasteiger partial charge in [0.15, 0.2) is 0 Å². The Bertz CT molecular complexity index is 952. The first-order valence-corrected chi connectivity index (χ1v) is 11.6. The molecule has 5 heteroatoms. The molecule has 1 aliphatic rings. The summed E-state index contributed by atoms with van der Waals surface area (Å²) < 4.78 is 0. The van der Waals surface area contributed by atoms with Crippen LogP contribution in [-0.2, 0) is 0 Å². The van der Waals surface area contributed by atoms with Crippen molar-refractivity contribution in [3.63, 3.8) is 0 Å². The summed E-state index contributed by atoms with van der Waals surface area (Å²) in [6.45, 7) is 6.19. The predicted octanol–water partition coefficient (Wildman–Crippen LogP) is 4.47. The number of benzene rings is 2. The third kappa shape index (κ3) is 6.17. The zero-order chi connectivity index (χ0) is 22.0. The third-order valence-electron chi connectivity index (χ3n) is 6.07. The lowest BCUT2D eigenvalue weighted by Crippen LogP contribution is -2.46. The summed E-state index contributed by atoms with van der Waals surface area (Å²) in [5.41, 5.74) is 4.23. The Balaban J connectivity index is 1.09. The van der Waals surface area contributed by atoms with E-state index in [4.69, 9.17) is 0 Å². The maximum Gasteiger partial charge on any atom is 0.251 e. The molecular formula is C27H32N4O. The quantitative estimate of drug-likeness (QED) is 0.511. The van der Waals surface area contributed by atoms with Crippen molar-refractivity contribution in [2.45, 2.75) is 19.3 Å². The highest BCUT2D eigenvalue weighted by atomic mass is 16.1. The summed E-state index contributed by atoms with van der Waals surface area (Å²) in [6.07, 6.45) is 7.10. The van der Waals surface area contributed by atoms with Crippen molar-refractivity contribution in [2.75, 3.05) is 44.2 Å². The van der Waals surface area contributed by atoms with E-state index in [1.54, 1.807) is 0 Å². The van der Waals surface area contributed by atoms with E-state index < -0.39 is 0 Å². The lowest BCUT2D eigenvalue weighted by molar-refractivity contribution is 0.0953. The second-order valence-corrected chi connectivity index (χ2v) is 8.30. The van der Waals surface area contributed by atoms with E-state index in [9.17, 15) is 4.79 Å². The van der Waals surface area contributed by atoms with Crippen molar-refractivity contribution in [2.24, 2.45) is 0 Å². The van der Waals surface area contributed by atoms with E-state index in [1.807, 2.05) is 60.9 Å². The number of hydrogen-bond acceptors (Lipinski definition) is 4. The van der Waals surface area contributed by atoms with Gasteiger partial charge >= 0.3 is 0 Å². The number of unbranched alkanes of at least 4 members (excludes halogenated alkanes) is 2. The van der Waals surface area contributed by atoms with Gasteiger partial charge in [-0.25, -0.2) is 0 Å². The van der Waals surface area contributed by atoms with Crippen LogP contribution in [0.5, 0.6) is 0 Å². The van der Waals surface area contributed by atoms with Crippen LogP contribution >= 0.6 is 0 Å². The van der Waals surface area contributed by atoms with E-state index in [2.05, 4.69) is 38.3 Å². The zero-order valence-electron chi connectivity index (χ0n) is 18.6. The van der Waals surface area contributed by atoms with Crippen molar-refractivity contribution in [1.82, 2.24) is 15.2 Å². The van der Waals surface area contributed by atoms with Crippen LogP contribution in [0.2, 0.25) is 0 Å². The van der Waals surface area contributed by atoms with Crippen LogP contribution < -0.4 is 10.2 Å². The van der Waals surface area contributed by atoms with Gasteiger partial charge in [-0.05, 0) is 54.8 Å². The Kier molecular flexibility index (Phi) is 7.88. The summed E-state index contributed by atoms with van der Waals surface area (Å²) in [4.78, 5) is 21.6. The molecule has 0 bridgehead atoms. The van der Waals surface area contributed by atoms with Gasteiger partial charge < -0.3 is 10.2 Å². The molecule has 0 unspecified atom stereocenters. The molecule has 5 nitrogen and oxygen atoms in total. The van der Waals surface area contributed by atoms with Gasteiger partial charge in [-0.2, -0.15) is 0 Å². The first-order chi connectivity index (χ1) is 15.8. The van der Waals surface area contributed by atoms with Gasteiger partial charge in [0.2, 0.25) is 0 Å². The molecular weight excluding hydrogens is 396 g/mol. The second-order valence-electron chi connectivity index (χ2n) is 8.30. The van der Waals surface area contributed by atoms with Gasteiger partial charge in [-0.1, -0.05) is 48.9 Å². The molecule has 1 saturated heterocycles. The molecule has 0 aliphatic carbocycles. The molecule has 3 aromatic rings. The molecule has 0 atom stereocenters. The molecule has 1 aromatic heterocycles. The number of carbonyl (C=O) groups excluding carboxylic acids is 1. The van der Waals surface area contributed by atoms with Crippen LogP contribution in [0.1, 0.15) is 29.6 Å². The fourth-order valence-electron chi connectivity index (χ4n) is 4.16. The standard InChI is InChI=1S/C27H32N4O/c32-27(25-13-11-24(12-14-25)23-8-3-1-4-9-23)29-16-5-2-6-17-30-18-20-31(21-19-30)26-10-7-15-28-22-26/h1,3-4,7-15,22H,2,5-6,16-21H2,(H,29,32). The summed E-state index contributed by atoms with van der Waals surface area (Å²) in [5.74, 6) is 0.0103. The molecule has 166 valence electrons. The van der Waals surface area contributed by atoms with Gasteiger partial charge in [0.1, 0.15) is 0 Å². The number of piperazine rings is 1. The predicted molar refractivity (Wildman–Crippen MR) is 131 cm³/mol. The third-order valence-corrected chi connectivity index (χ3v) is 6.07. The van der Waals surface area contributed by atoms with Crippen LogP contribution in [-0.4, -0.2) is 55.1 Å². The number of anilines is 1.